The second-order valence-electron chi connectivity index (χ2n) is 27.3. The van der Waals surface area contributed by atoms with Crippen LogP contribution in [0.2, 0.25) is 0 Å². The van der Waals surface area contributed by atoms with Gasteiger partial charge in [-0.1, -0.05) is 364 Å². The van der Waals surface area contributed by atoms with Crippen LogP contribution in [0.3, 0.4) is 0 Å². The first-order chi connectivity index (χ1) is 51.1. The lowest BCUT2D eigenvalue weighted by atomic mass is 9.33. The molecule has 0 fully saturated rings. The van der Waals surface area contributed by atoms with Crippen LogP contribution in [-0.2, 0) is 0 Å². The first-order valence-electron chi connectivity index (χ1n) is 35.8. The van der Waals surface area contributed by atoms with Gasteiger partial charge in [0.15, 0.2) is 24.2 Å². The summed E-state index contributed by atoms with van der Waals surface area (Å²) in [5, 5.41) is 18.4. The molecule has 484 valence electrons. The van der Waals surface area contributed by atoms with Crippen LogP contribution >= 0.6 is 0 Å². The molecule has 1 aromatic heterocycles. The lowest BCUT2D eigenvalue weighted by molar-refractivity contribution is 1.16. The molecule has 2 aliphatic rings. The molecule has 2 aliphatic heterocycles. The fourth-order valence-corrected chi connectivity index (χ4v) is 32.3. The molecule has 0 atom stereocenters. The molecule has 0 radical (unpaired) electrons. The topological polar surface area (TPSA) is 11.4 Å². The summed E-state index contributed by atoms with van der Waals surface area (Å²) in [6.45, 7) is -0.269. The van der Waals surface area contributed by atoms with E-state index in [4.69, 9.17) is 0 Å². The molecule has 17 aromatic rings. The zero-order valence-electron chi connectivity index (χ0n) is 56.8. The van der Waals surface area contributed by atoms with Crippen molar-refractivity contribution in [2.24, 2.45) is 0 Å². The van der Waals surface area contributed by atoms with Crippen LogP contribution in [0.1, 0.15) is 0 Å². The van der Waals surface area contributed by atoms with E-state index in [1.165, 1.54) is 89.4 Å². The SMILES string of the molecule is c1ccc(N2c3ccc([Si](c4ccccc4)(c4ccccc4)c4ccccc4)cc3B3c4cc([Si](c5ccccc5)(c5ccccc5)c5ccccc5)ccc4N(c4ccc([Si](c5ccccc5)(c5ccccc5)c5ccccc5)cc4)c4cc(-n5c6ccccc6c6ccccc65)cc2c43)cc1. The molecule has 3 nitrogen and oxygen atoms in total. The van der Waals surface area contributed by atoms with E-state index < -0.39 is 24.2 Å². The Labute approximate surface area is 605 Å². The van der Waals surface area contributed by atoms with E-state index in [1.807, 2.05) is 0 Å². The van der Waals surface area contributed by atoms with Crippen LogP contribution in [0.4, 0.5) is 34.1 Å². The van der Waals surface area contributed by atoms with E-state index in [0.29, 0.717) is 0 Å². The van der Waals surface area contributed by atoms with Gasteiger partial charge in [-0.15, -0.1) is 0 Å². The van der Waals surface area contributed by atoms with Crippen LogP contribution in [0.25, 0.3) is 27.5 Å². The molecule has 0 spiro atoms. The Morgan fingerprint density at radius 1 is 0.184 bits per heavy atom. The molecule has 103 heavy (non-hydrogen) atoms. The largest absolute Gasteiger partial charge is 0.311 e. The van der Waals surface area contributed by atoms with Crippen molar-refractivity contribution in [3.8, 4) is 5.69 Å². The van der Waals surface area contributed by atoms with Gasteiger partial charge in [0.25, 0.3) is 6.71 Å². The summed E-state index contributed by atoms with van der Waals surface area (Å²) in [5.74, 6) is 0. The highest BCUT2D eigenvalue weighted by atomic mass is 28.3. The monoisotopic (exact) mass is 1360 g/mol. The summed E-state index contributed by atoms with van der Waals surface area (Å²) in [6, 6.07) is 162. The molecule has 0 N–H and O–H groups in total. The van der Waals surface area contributed by atoms with Gasteiger partial charge in [-0.25, -0.2) is 0 Å². The van der Waals surface area contributed by atoms with Crippen LogP contribution < -0.4 is 88.4 Å². The molecular formula is C96H70BN3Si3. The number of benzene rings is 16. The third-order valence-electron chi connectivity index (χ3n) is 22.2. The quantitative estimate of drug-likeness (QED) is 0.0749. The Morgan fingerprint density at radius 3 is 0.738 bits per heavy atom. The highest BCUT2D eigenvalue weighted by Crippen LogP contribution is 2.46. The number of hydrogen-bond donors (Lipinski definition) is 0. The second kappa shape index (κ2) is 25.7. The minimum atomic E-state index is -3.16. The standard InChI is InChI=1S/C96H70BN3Si3/c1-11-35-71(36-12-1)98-92-65-63-84(102(77-43-19-5-20-44-77,78-45-21-6-22-46-78)79-47-23-7-24-48-79)69-88(92)97-89-70-85(103(80-49-25-8-26-50-80,81-51-27-9-28-52-81)82-53-29-10-30-54-82)64-66-93(89)99(95-68-73(67-94(98)96(95)97)100-90-57-33-31-55-86(90)87-56-32-34-58-91(87)100)72-59-61-83(62-60-72)101(74-37-13-2-14-38-74,75-39-15-3-16-40-75)76-41-17-4-18-42-76/h1-70H. The van der Waals surface area contributed by atoms with Crippen molar-refractivity contribution in [1.82, 2.24) is 4.57 Å². The second-order valence-corrected chi connectivity index (χ2v) is 38.8. The van der Waals surface area contributed by atoms with Gasteiger partial charge in [0.05, 0.1) is 16.7 Å². The van der Waals surface area contributed by atoms with Gasteiger partial charge in [-0.05, 0) is 139 Å². The van der Waals surface area contributed by atoms with E-state index in [0.717, 1.165) is 50.8 Å². The van der Waals surface area contributed by atoms with E-state index in [-0.39, 0.29) is 6.71 Å². The van der Waals surface area contributed by atoms with Crippen LogP contribution in [0.15, 0.2) is 425 Å². The van der Waals surface area contributed by atoms with E-state index in [2.05, 4.69) is 439 Å². The summed E-state index contributed by atoms with van der Waals surface area (Å²) in [4.78, 5) is 5.26. The van der Waals surface area contributed by atoms with E-state index >= 15 is 0 Å². The van der Waals surface area contributed by atoms with Crippen molar-refractivity contribution in [2.75, 3.05) is 9.80 Å². The molecule has 19 rings (SSSR count). The van der Waals surface area contributed by atoms with E-state index in [1.54, 1.807) is 0 Å². The number of anilines is 6. The van der Waals surface area contributed by atoms with Gasteiger partial charge in [0.2, 0.25) is 0 Å². The Morgan fingerprint density at radius 2 is 0.427 bits per heavy atom. The van der Waals surface area contributed by atoms with Gasteiger partial charge < -0.3 is 14.4 Å². The number of fused-ring (bicyclic) bond motifs is 7. The van der Waals surface area contributed by atoms with Crippen molar-refractivity contribution in [1.29, 1.82) is 0 Å². The first kappa shape index (κ1) is 61.7. The molecule has 0 amide bonds. The number of rotatable bonds is 15. The van der Waals surface area contributed by atoms with Gasteiger partial charge in [-0.3, -0.25) is 0 Å². The summed E-state index contributed by atoms with van der Waals surface area (Å²) < 4.78 is 2.52. The van der Waals surface area contributed by atoms with Crippen molar-refractivity contribution in [3.05, 3.63) is 425 Å². The van der Waals surface area contributed by atoms with Gasteiger partial charge in [0, 0.05) is 44.9 Å². The summed E-state index contributed by atoms with van der Waals surface area (Å²) in [5.41, 5.74) is 14.0. The Kier molecular flexibility index (Phi) is 15.4. The molecule has 3 heterocycles. The first-order valence-corrected chi connectivity index (χ1v) is 41.8. The third kappa shape index (κ3) is 9.76. The molecule has 16 aromatic carbocycles. The Bertz CT molecular complexity index is 5570. The maximum absolute atomic E-state index is 3.16. The summed E-state index contributed by atoms with van der Waals surface area (Å²) >= 11 is 0. The third-order valence-corrected chi connectivity index (χ3v) is 36.5. The minimum Gasteiger partial charge on any atom is -0.311 e. The highest BCUT2D eigenvalue weighted by molar-refractivity contribution is 7.21. The zero-order valence-corrected chi connectivity index (χ0v) is 59.8. The number of nitrogens with zero attached hydrogens (tertiary/aromatic N) is 3. The fourth-order valence-electron chi connectivity index (χ4n) is 18.0. The molecule has 7 heteroatoms. The number of aromatic nitrogens is 1. The summed E-state index contributed by atoms with van der Waals surface area (Å²) in [6.07, 6.45) is 0. The Balaban J connectivity index is 0.962. The Hall–Kier alpha value is -12.4. The number of hydrogen-bond acceptors (Lipinski definition) is 2. The van der Waals surface area contributed by atoms with Crippen molar-refractivity contribution >= 4 is 165 Å². The lowest BCUT2D eigenvalue weighted by Gasteiger charge is -2.46. The molecule has 0 saturated heterocycles. The van der Waals surface area contributed by atoms with Gasteiger partial charge >= 0.3 is 0 Å². The van der Waals surface area contributed by atoms with Crippen molar-refractivity contribution in [3.63, 3.8) is 0 Å². The zero-order chi connectivity index (χ0) is 68.3. The maximum Gasteiger partial charge on any atom is 0.252 e. The molecule has 0 aliphatic carbocycles. The normalized spacial score (nSPS) is 12.6. The molecule has 0 bridgehead atoms. The van der Waals surface area contributed by atoms with Crippen LogP contribution in [-0.4, -0.2) is 35.5 Å². The molecular weight excluding hydrogens is 1290 g/mol. The predicted octanol–water partition coefficient (Wildman–Crippen LogP) is 13.0. The van der Waals surface area contributed by atoms with Gasteiger partial charge in [0.1, 0.15) is 0 Å². The van der Waals surface area contributed by atoms with Crippen molar-refractivity contribution in [2.45, 2.75) is 0 Å². The molecule has 0 unspecified atom stereocenters. The predicted molar refractivity (Wildman–Crippen MR) is 446 cm³/mol. The van der Waals surface area contributed by atoms with Crippen LogP contribution in [0.5, 0.6) is 0 Å². The summed E-state index contributed by atoms with van der Waals surface area (Å²) in [7, 11) is -9.26. The van der Waals surface area contributed by atoms with Gasteiger partial charge in [-0.2, -0.15) is 0 Å². The average molecular weight is 1360 g/mol. The smallest absolute Gasteiger partial charge is 0.252 e. The molecule has 0 saturated carbocycles. The van der Waals surface area contributed by atoms with Crippen molar-refractivity contribution < 1.29 is 0 Å². The highest BCUT2D eigenvalue weighted by Gasteiger charge is 2.50. The number of para-hydroxylation sites is 3. The maximum atomic E-state index is 2.69. The lowest BCUT2D eigenvalue weighted by Crippen LogP contribution is -2.76. The fraction of sp³-hybridized carbons (Fsp3) is 0. The average Bonchev–Trinajstić information content (AvgIpc) is 1.19. The van der Waals surface area contributed by atoms with Crippen LogP contribution in [0, 0.1) is 0 Å². The minimum absolute atomic E-state index is 0.269. The van der Waals surface area contributed by atoms with E-state index in [9.17, 15) is 0 Å².